The zero-order valence-electron chi connectivity index (χ0n) is 10.9. The number of likely N-dealkylation sites (tertiary alicyclic amines) is 1. The molecule has 3 nitrogen and oxygen atoms in total. The van der Waals surface area contributed by atoms with Gasteiger partial charge in [-0.25, -0.2) is 0 Å². The molecule has 0 radical (unpaired) electrons. The highest BCUT2D eigenvalue weighted by Crippen LogP contribution is 2.37. The number of Topliss-reactive ketones (excluding diaryl/α,β-unsaturated/α-hetero) is 1. The predicted molar refractivity (Wildman–Crippen MR) is 65.6 cm³/mol. The van der Waals surface area contributed by atoms with Crippen LogP contribution in [0, 0.1) is 5.41 Å². The molecule has 16 heavy (non-hydrogen) atoms. The molecule has 0 bridgehead atoms. The van der Waals surface area contributed by atoms with Gasteiger partial charge in [-0.2, -0.15) is 0 Å². The van der Waals surface area contributed by atoms with E-state index in [1.54, 1.807) is 7.11 Å². The Balaban J connectivity index is 2.34. The Labute approximate surface area is 99.1 Å². The minimum absolute atomic E-state index is 0.197. The van der Waals surface area contributed by atoms with Gasteiger partial charge in [0.05, 0.1) is 6.54 Å². The van der Waals surface area contributed by atoms with Crippen LogP contribution in [0.15, 0.2) is 0 Å². The molecule has 0 saturated carbocycles. The van der Waals surface area contributed by atoms with Crippen molar-refractivity contribution < 1.29 is 9.53 Å². The van der Waals surface area contributed by atoms with Crippen molar-refractivity contribution in [3.63, 3.8) is 0 Å². The van der Waals surface area contributed by atoms with Crippen LogP contribution in [0.4, 0.5) is 0 Å². The standard InChI is InChI=1S/C13H25NO2/c1-4-13(5-2)6-8-14(9-7-13)10-12(15)11-16-3/h4-11H2,1-3H3. The van der Waals surface area contributed by atoms with Crippen molar-refractivity contribution in [1.82, 2.24) is 4.90 Å². The molecule has 0 aromatic heterocycles. The summed E-state index contributed by atoms with van der Waals surface area (Å²) in [6.45, 7) is 7.53. The number of methoxy groups -OCH3 is 1. The Morgan fingerprint density at radius 1 is 1.25 bits per heavy atom. The average molecular weight is 227 g/mol. The minimum Gasteiger partial charge on any atom is -0.377 e. The quantitative estimate of drug-likeness (QED) is 0.696. The van der Waals surface area contributed by atoms with Crippen LogP contribution in [-0.4, -0.2) is 44.0 Å². The molecule has 1 saturated heterocycles. The zero-order chi connectivity index (χ0) is 12.0. The number of carbonyl (C=O) groups is 1. The lowest BCUT2D eigenvalue weighted by molar-refractivity contribution is -0.124. The van der Waals surface area contributed by atoms with E-state index < -0.39 is 0 Å². The molecule has 1 aliphatic heterocycles. The Morgan fingerprint density at radius 2 is 1.81 bits per heavy atom. The first-order valence-electron chi connectivity index (χ1n) is 6.39. The fraction of sp³-hybridized carbons (Fsp3) is 0.923. The fourth-order valence-electron chi connectivity index (χ4n) is 2.60. The van der Waals surface area contributed by atoms with E-state index in [-0.39, 0.29) is 12.4 Å². The normalized spacial score (nSPS) is 20.9. The summed E-state index contributed by atoms with van der Waals surface area (Å²) in [6.07, 6.45) is 5.01. The summed E-state index contributed by atoms with van der Waals surface area (Å²) in [7, 11) is 1.58. The number of ether oxygens (including phenoxy) is 1. The maximum Gasteiger partial charge on any atom is 0.172 e. The molecule has 1 rings (SSSR count). The molecule has 0 aliphatic carbocycles. The van der Waals surface area contributed by atoms with Gasteiger partial charge in [0.15, 0.2) is 5.78 Å². The number of hydrogen-bond donors (Lipinski definition) is 0. The third-order valence-electron chi connectivity index (χ3n) is 4.12. The lowest BCUT2D eigenvalue weighted by Gasteiger charge is -2.40. The summed E-state index contributed by atoms with van der Waals surface area (Å²) in [6, 6.07) is 0. The first-order valence-corrected chi connectivity index (χ1v) is 6.39. The number of piperidine rings is 1. The fourth-order valence-corrected chi connectivity index (χ4v) is 2.60. The summed E-state index contributed by atoms with van der Waals surface area (Å²) in [5.41, 5.74) is 0.542. The number of ketones is 1. The summed E-state index contributed by atoms with van der Waals surface area (Å²) in [4.78, 5) is 13.7. The second-order valence-corrected chi connectivity index (χ2v) is 4.95. The first kappa shape index (κ1) is 13.7. The third kappa shape index (κ3) is 3.56. The van der Waals surface area contributed by atoms with E-state index in [1.165, 1.54) is 25.7 Å². The van der Waals surface area contributed by atoms with Crippen LogP contribution in [0.25, 0.3) is 0 Å². The van der Waals surface area contributed by atoms with Crippen molar-refractivity contribution in [2.75, 3.05) is 33.4 Å². The van der Waals surface area contributed by atoms with Crippen molar-refractivity contribution in [3.05, 3.63) is 0 Å². The average Bonchev–Trinajstić information content (AvgIpc) is 2.31. The molecular formula is C13H25NO2. The van der Waals surface area contributed by atoms with Gasteiger partial charge in [0.2, 0.25) is 0 Å². The van der Waals surface area contributed by atoms with Gasteiger partial charge in [-0.05, 0) is 31.3 Å². The van der Waals surface area contributed by atoms with Crippen molar-refractivity contribution in [2.45, 2.75) is 39.5 Å². The zero-order valence-corrected chi connectivity index (χ0v) is 10.9. The molecule has 1 heterocycles. The van der Waals surface area contributed by atoms with Crippen LogP contribution in [0.1, 0.15) is 39.5 Å². The van der Waals surface area contributed by atoms with E-state index in [0.29, 0.717) is 12.0 Å². The van der Waals surface area contributed by atoms with Crippen LogP contribution in [0.2, 0.25) is 0 Å². The van der Waals surface area contributed by atoms with E-state index >= 15 is 0 Å². The maximum atomic E-state index is 11.4. The number of hydrogen-bond acceptors (Lipinski definition) is 3. The van der Waals surface area contributed by atoms with Gasteiger partial charge in [-0.15, -0.1) is 0 Å². The van der Waals surface area contributed by atoms with Crippen LogP contribution < -0.4 is 0 Å². The van der Waals surface area contributed by atoms with Gasteiger partial charge in [0, 0.05) is 7.11 Å². The Hall–Kier alpha value is -0.410. The molecule has 0 spiro atoms. The number of carbonyl (C=O) groups excluding carboxylic acids is 1. The molecular weight excluding hydrogens is 202 g/mol. The molecule has 0 amide bonds. The van der Waals surface area contributed by atoms with Gasteiger partial charge in [-0.1, -0.05) is 26.7 Å². The highest BCUT2D eigenvalue weighted by atomic mass is 16.5. The maximum absolute atomic E-state index is 11.4. The Morgan fingerprint density at radius 3 is 2.25 bits per heavy atom. The van der Waals surface area contributed by atoms with E-state index in [4.69, 9.17) is 4.74 Å². The minimum atomic E-state index is 0.197. The summed E-state index contributed by atoms with van der Waals surface area (Å²) in [5, 5.41) is 0. The van der Waals surface area contributed by atoms with E-state index in [0.717, 1.165) is 13.1 Å². The van der Waals surface area contributed by atoms with Gasteiger partial charge in [-0.3, -0.25) is 9.69 Å². The lowest BCUT2D eigenvalue weighted by atomic mass is 9.74. The molecule has 0 aromatic carbocycles. The summed E-state index contributed by atoms with van der Waals surface area (Å²) in [5.74, 6) is 0.197. The highest BCUT2D eigenvalue weighted by Gasteiger charge is 2.31. The molecule has 3 heteroatoms. The van der Waals surface area contributed by atoms with E-state index in [1.807, 2.05) is 0 Å². The van der Waals surface area contributed by atoms with Crippen LogP contribution in [0.5, 0.6) is 0 Å². The van der Waals surface area contributed by atoms with E-state index in [9.17, 15) is 4.79 Å². The van der Waals surface area contributed by atoms with Gasteiger partial charge < -0.3 is 4.74 Å². The largest absolute Gasteiger partial charge is 0.377 e. The smallest absolute Gasteiger partial charge is 0.172 e. The molecule has 0 N–H and O–H groups in total. The highest BCUT2D eigenvalue weighted by molar-refractivity contribution is 5.81. The van der Waals surface area contributed by atoms with Crippen LogP contribution in [-0.2, 0) is 9.53 Å². The Kier molecular flexibility index (Phi) is 5.42. The van der Waals surface area contributed by atoms with Gasteiger partial charge >= 0.3 is 0 Å². The van der Waals surface area contributed by atoms with Crippen molar-refractivity contribution in [2.24, 2.45) is 5.41 Å². The third-order valence-corrected chi connectivity index (χ3v) is 4.12. The molecule has 0 unspecified atom stereocenters. The van der Waals surface area contributed by atoms with Crippen LogP contribution >= 0.6 is 0 Å². The second kappa shape index (κ2) is 6.36. The predicted octanol–water partition coefficient (Wildman–Crippen LogP) is 2.10. The molecule has 1 fully saturated rings. The van der Waals surface area contributed by atoms with Gasteiger partial charge in [0.1, 0.15) is 6.61 Å². The number of nitrogens with zero attached hydrogens (tertiary/aromatic N) is 1. The monoisotopic (exact) mass is 227 g/mol. The molecule has 94 valence electrons. The summed E-state index contributed by atoms with van der Waals surface area (Å²) < 4.78 is 4.85. The lowest BCUT2D eigenvalue weighted by Crippen LogP contribution is -2.42. The van der Waals surface area contributed by atoms with Crippen molar-refractivity contribution >= 4 is 5.78 Å². The molecule has 0 aromatic rings. The molecule has 0 atom stereocenters. The SMILES string of the molecule is CCC1(CC)CCN(CC(=O)COC)CC1. The van der Waals surface area contributed by atoms with E-state index in [2.05, 4.69) is 18.7 Å². The van der Waals surface area contributed by atoms with Crippen LogP contribution in [0.3, 0.4) is 0 Å². The first-order chi connectivity index (χ1) is 7.65. The molecule has 1 aliphatic rings. The topological polar surface area (TPSA) is 29.5 Å². The number of rotatable bonds is 6. The second-order valence-electron chi connectivity index (χ2n) is 4.95. The van der Waals surface area contributed by atoms with Crippen molar-refractivity contribution in [3.8, 4) is 0 Å². The Bertz CT molecular complexity index is 214. The van der Waals surface area contributed by atoms with Crippen molar-refractivity contribution in [1.29, 1.82) is 0 Å². The van der Waals surface area contributed by atoms with Gasteiger partial charge in [0.25, 0.3) is 0 Å². The summed E-state index contributed by atoms with van der Waals surface area (Å²) >= 11 is 0.